The molecule has 2 rings (SSSR count). The Balaban J connectivity index is 2.03. The number of likely N-dealkylation sites (tertiary alicyclic amines) is 1. The molecule has 2 aliphatic rings. The fourth-order valence-electron chi connectivity index (χ4n) is 4.35. The standard InChI is InChI=1S/C15H30N2O/c1-12-8-13(2)10-15(9-12,11-16)17-6-4-14(18-3)5-7-17/h12-14H,4-11,16H2,1-3H3. The van der Waals surface area contributed by atoms with Gasteiger partial charge in [0.2, 0.25) is 0 Å². The first-order valence-electron chi connectivity index (χ1n) is 7.57. The first kappa shape index (κ1) is 14.3. The van der Waals surface area contributed by atoms with E-state index >= 15 is 0 Å². The van der Waals surface area contributed by atoms with Crippen LogP contribution in [0.5, 0.6) is 0 Å². The van der Waals surface area contributed by atoms with Crippen LogP contribution in [0.4, 0.5) is 0 Å². The summed E-state index contributed by atoms with van der Waals surface area (Å²) in [6.45, 7) is 7.92. The second kappa shape index (κ2) is 5.89. The van der Waals surface area contributed by atoms with Gasteiger partial charge in [-0.2, -0.15) is 0 Å². The van der Waals surface area contributed by atoms with Gasteiger partial charge in [-0.3, -0.25) is 4.90 Å². The fourth-order valence-corrected chi connectivity index (χ4v) is 4.35. The largest absolute Gasteiger partial charge is 0.381 e. The summed E-state index contributed by atoms with van der Waals surface area (Å²) in [4.78, 5) is 2.68. The number of piperidine rings is 1. The van der Waals surface area contributed by atoms with Crippen LogP contribution < -0.4 is 5.73 Å². The predicted octanol–water partition coefficient (Wildman–Crippen LogP) is 2.25. The molecule has 1 heterocycles. The van der Waals surface area contributed by atoms with E-state index in [1.165, 1.54) is 32.1 Å². The molecule has 3 nitrogen and oxygen atoms in total. The zero-order valence-corrected chi connectivity index (χ0v) is 12.3. The van der Waals surface area contributed by atoms with E-state index in [9.17, 15) is 0 Å². The molecule has 1 aliphatic carbocycles. The van der Waals surface area contributed by atoms with Crippen molar-refractivity contribution >= 4 is 0 Å². The summed E-state index contributed by atoms with van der Waals surface area (Å²) in [5.74, 6) is 1.63. The van der Waals surface area contributed by atoms with Crippen molar-refractivity contribution in [3.05, 3.63) is 0 Å². The lowest BCUT2D eigenvalue weighted by molar-refractivity contribution is -0.0323. The Bertz CT molecular complexity index is 251. The van der Waals surface area contributed by atoms with Crippen molar-refractivity contribution in [2.75, 3.05) is 26.7 Å². The molecule has 0 amide bonds. The van der Waals surface area contributed by atoms with Crippen molar-refractivity contribution in [3.63, 3.8) is 0 Å². The summed E-state index contributed by atoms with van der Waals surface area (Å²) < 4.78 is 5.48. The lowest BCUT2D eigenvalue weighted by Crippen LogP contribution is -2.59. The normalized spacial score (nSPS) is 40.0. The maximum Gasteiger partial charge on any atom is 0.0595 e. The third-order valence-corrected chi connectivity index (χ3v) is 5.09. The van der Waals surface area contributed by atoms with Gasteiger partial charge in [0.25, 0.3) is 0 Å². The van der Waals surface area contributed by atoms with E-state index in [-0.39, 0.29) is 5.54 Å². The van der Waals surface area contributed by atoms with Crippen LogP contribution in [0.1, 0.15) is 46.0 Å². The average Bonchev–Trinajstić information content (AvgIpc) is 2.37. The number of nitrogens with two attached hydrogens (primary N) is 1. The van der Waals surface area contributed by atoms with Crippen molar-refractivity contribution in [2.24, 2.45) is 17.6 Å². The van der Waals surface area contributed by atoms with Crippen molar-refractivity contribution < 1.29 is 4.74 Å². The Kier molecular flexibility index (Phi) is 4.68. The first-order chi connectivity index (χ1) is 8.59. The molecule has 2 N–H and O–H groups in total. The fraction of sp³-hybridized carbons (Fsp3) is 1.00. The minimum absolute atomic E-state index is 0.274. The molecule has 2 unspecified atom stereocenters. The SMILES string of the molecule is COC1CCN(C2(CN)CC(C)CC(C)C2)CC1. The second-order valence-corrected chi connectivity index (χ2v) is 6.70. The molecule has 0 spiro atoms. The number of nitrogens with zero attached hydrogens (tertiary/aromatic N) is 1. The van der Waals surface area contributed by atoms with Crippen LogP contribution in [-0.4, -0.2) is 43.3 Å². The van der Waals surface area contributed by atoms with Crippen molar-refractivity contribution in [1.82, 2.24) is 4.90 Å². The summed E-state index contributed by atoms with van der Waals surface area (Å²) in [5.41, 5.74) is 6.46. The zero-order chi connectivity index (χ0) is 13.2. The van der Waals surface area contributed by atoms with E-state index in [0.29, 0.717) is 6.10 Å². The van der Waals surface area contributed by atoms with Gasteiger partial charge in [0.05, 0.1) is 6.10 Å². The molecule has 3 heteroatoms. The van der Waals surface area contributed by atoms with Crippen LogP contribution in [0, 0.1) is 11.8 Å². The third-order valence-electron chi connectivity index (χ3n) is 5.09. The first-order valence-corrected chi connectivity index (χ1v) is 7.57. The Labute approximate surface area is 112 Å². The quantitative estimate of drug-likeness (QED) is 0.839. The maximum absolute atomic E-state index is 6.19. The third kappa shape index (κ3) is 2.89. The summed E-state index contributed by atoms with van der Waals surface area (Å²) in [6.07, 6.45) is 6.74. The molecular formula is C15H30N2O. The van der Waals surface area contributed by atoms with E-state index in [0.717, 1.165) is 31.5 Å². The van der Waals surface area contributed by atoms with Crippen molar-refractivity contribution in [2.45, 2.75) is 57.6 Å². The van der Waals surface area contributed by atoms with E-state index in [4.69, 9.17) is 10.5 Å². The van der Waals surface area contributed by atoms with Gasteiger partial charge in [-0.1, -0.05) is 13.8 Å². The summed E-state index contributed by atoms with van der Waals surface area (Å²) in [7, 11) is 1.84. The van der Waals surface area contributed by atoms with Crippen LogP contribution in [0.3, 0.4) is 0 Å². The molecule has 0 aromatic rings. The van der Waals surface area contributed by atoms with Gasteiger partial charge in [-0.05, 0) is 43.9 Å². The summed E-state index contributed by atoms with van der Waals surface area (Å²) in [6, 6.07) is 0. The van der Waals surface area contributed by atoms with Crippen LogP contribution in [0.25, 0.3) is 0 Å². The van der Waals surface area contributed by atoms with E-state index < -0.39 is 0 Å². The number of rotatable bonds is 3. The molecule has 1 saturated heterocycles. The van der Waals surface area contributed by atoms with Crippen LogP contribution in [0.2, 0.25) is 0 Å². The molecule has 18 heavy (non-hydrogen) atoms. The highest BCUT2D eigenvalue weighted by Gasteiger charge is 2.42. The Morgan fingerprint density at radius 2 is 1.72 bits per heavy atom. The lowest BCUT2D eigenvalue weighted by Gasteiger charge is -2.51. The average molecular weight is 254 g/mol. The van der Waals surface area contributed by atoms with Gasteiger partial charge in [-0.25, -0.2) is 0 Å². The van der Waals surface area contributed by atoms with Gasteiger partial charge in [0.15, 0.2) is 0 Å². The maximum atomic E-state index is 6.19. The minimum Gasteiger partial charge on any atom is -0.381 e. The van der Waals surface area contributed by atoms with Crippen LogP contribution in [0.15, 0.2) is 0 Å². The monoisotopic (exact) mass is 254 g/mol. The highest BCUT2D eigenvalue weighted by Crippen LogP contribution is 2.40. The molecular weight excluding hydrogens is 224 g/mol. The number of ether oxygens (including phenoxy) is 1. The molecule has 1 saturated carbocycles. The zero-order valence-electron chi connectivity index (χ0n) is 12.3. The van der Waals surface area contributed by atoms with Gasteiger partial charge < -0.3 is 10.5 Å². The summed E-state index contributed by atoms with van der Waals surface area (Å²) in [5, 5.41) is 0. The van der Waals surface area contributed by atoms with Crippen LogP contribution in [-0.2, 0) is 4.74 Å². The smallest absolute Gasteiger partial charge is 0.0595 e. The molecule has 106 valence electrons. The number of hydrogen-bond donors (Lipinski definition) is 1. The van der Waals surface area contributed by atoms with Crippen molar-refractivity contribution in [1.29, 1.82) is 0 Å². The second-order valence-electron chi connectivity index (χ2n) is 6.70. The van der Waals surface area contributed by atoms with Gasteiger partial charge in [0, 0.05) is 32.3 Å². The van der Waals surface area contributed by atoms with Crippen LogP contribution >= 0.6 is 0 Å². The highest BCUT2D eigenvalue weighted by molar-refractivity contribution is 4.99. The Morgan fingerprint density at radius 1 is 1.17 bits per heavy atom. The molecule has 0 aromatic carbocycles. The van der Waals surface area contributed by atoms with Crippen molar-refractivity contribution in [3.8, 4) is 0 Å². The lowest BCUT2D eigenvalue weighted by atomic mass is 9.70. The number of methoxy groups -OCH3 is 1. The Hall–Kier alpha value is -0.120. The molecule has 0 bridgehead atoms. The summed E-state index contributed by atoms with van der Waals surface area (Å²) >= 11 is 0. The molecule has 0 radical (unpaired) electrons. The van der Waals surface area contributed by atoms with Gasteiger partial charge in [-0.15, -0.1) is 0 Å². The highest BCUT2D eigenvalue weighted by atomic mass is 16.5. The number of hydrogen-bond acceptors (Lipinski definition) is 3. The van der Waals surface area contributed by atoms with E-state index in [1.54, 1.807) is 0 Å². The molecule has 1 aliphatic heterocycles. The van der Waals surface area contributed by atoms with Gasteiger partial charge >= 0.3 is 0 Å². The van der Waals surface area contributed by atoms with E-state index in [1.807, 2.05) is 7.11 Å². The van der Waals surface area contributed by atoms with E-state index in [2.05, 4.69) is 18.7 Å². The Morgan fingerprint density at radius 3 is 2.17 bits per heavy atom. The topological polar surface area (TPSA) is 38.5 Å². The minimum atomic E-state index is 0.274. The molecule has 2 fully saturated rings. The predicted molar refractivity (Wildman–Crippen MR) is 75.6 cm³/mol. The van der Waals surface area contributed by atoms with Gasteiger partial charge in [0.1, 0.15) is 0 Å². The molecule has 2 atom stereocenters. The molecule has 0 aromatic heterocycles.